The first-order valence-electron chi connectivity index (χ1n) is 10.3. The van der Waals surface area contributed by atoms with Crippen LogP contribution < -0.4 is 15.5 Å². The number of aliphatic imine (C=N–C) groups is 1. The lowest BCUT2D eigenvalue weighted by molar-refractivity contribution is -0.119. The third-order valence-electron chi connectivity index (χ3n) is 5.72. The van der Waals surface area contributed by atoms with E-state index in [0.717, 1.165) is 42.6 Å². The number of fused-ring (bicyclic) bond motifs is 1. The number of hydrogen-bond acceptors (Lipinski definition) is 3. The van der Waals surface area contributed by atoms with Crippen LogP contribution in [-0.4, -0.2) is 30.9 Å². The number of rotatable bonds is 3. The number of nitrogens with zero attached hydrogens (tertiary/aromatic N) is 2. The van der Waals surface area contributed by atoms with Gasteiger partial charge in [0.1, 0.15) is 5.82 Å². The maximum atomic E-state index is 13.4. The van der Waals surface area contributed by atoms with Gasteiger partial charge in [-0.25, -0.2) is 9.18 Å². The van der Waals surface area contributed by atoms with Crippen LogP contribution in [0.1, 0.15) is 37.7 Å². The summed E-state index contributed by atoms with van der Waals surface area (Å²) in [7, 11) is 1.69. The van der Waals surface area contributed by atoms with Gasteiger partial charge in [-0.3, -0.25) is 9.79 Å². The number of amides is 3. The first-order valence-corrected chi connectivity index (χ1v) is 10.3. The Hall–Kier alpha value is -3.22. The molecule has 1 aliphatic carbocycles. The van der Waals surface area contributed by atoms with Gasteiger partial charge in [0.05, 0.1) is 11.4 Å². The normalized spacial score (nSPS) is 19.5. The van der Waals surface area contributed by atoms with Gasteiger partial charge in [0.25, 0.3) is 5.91 Å². The number of likely N-dealkylation sites (N-methyl/N-ethyl adjacent to an activating group) is 1. The molecule has 30 heavy (non-hydrogen) atoms. The number of benzodiazepines with no additional fused rings is 1. The minimum atomic E-state index is -1.05. The lowest BCUT2D eigenvalue weighted by Gasteiger charge is -2.25. The number of hydrogen-bond donors (Lipinski definition) is 2. The van der Waals surface area contributed by atoms with Crippen LogP contribution in [0.4, 0.5) is 20.6 Å². The molecule has 2 aromatic carbocycles. The highest BCUT2D eigenvalue weighted by atomic mass is 19.1. The number of carbonyl (C=O) groups excluding carboxylic acids is 2. The van der Waals surface area contributed by atoms with Crippen LogP contribution in [-0.2, 0) is 4.79 Å². The van der Waals surface area contributed by atoms with Crippen molar-refractivity contribution in [2.45, 2.75) is 38.3 Å². The fraction of sp³-hybridized carbons (Fsp3) is 0.348. The van der Waals surface area contributed by atoms with Gasteiger partial charge < -0.3 is 15.5 Å². The highest BCUT2D eigenvalue weighted by Gasteiger charge is 2.33. The Morgan fingerprint density at radius 3 is 2.63 bits per heavy atom. The molecular formula is C23H25FN4O2. The second kappa shape index (κ2) is 8.65. The molecular weight excluding hydrogens is 383 g/mol. The van der Waals surface area contributed by atoms with Crippen molar-refractivity contribution >= 4 is 29.0 Å². The number of nitrogens with one attached hydrogen (secondary N) is 2. The van der Waals surface area contributed by atoms with E-state index >= 15 is 0 Å². The van der Waals surface area contributed by atoms with E-state index in [9.17, 15) is 14.0 Å². The van der Waals surface area contributed by atoms with Crippen molar-refractivity contribution in [3.63, 3.8) is 0 Å². The Balaban J connectivity index is 1.63. The van der Waals surface area contributed by atoms with Crippen molar-refractivity contribution in [3.8, 4) is 0 Å². The molecule has 7 heteroatoms. The molecule has 1 atom stereocenters. The second-order valence-corrected chi connectivity index (χ2v) is 7.78. The van der Waals surface area contributed by atoms with E-state index in [0.29, 0.717) is 5.69 Å². The zero-order chi connectivity index (χ0) is 21.1. The molecule has 1 aliphatic heterocycles. The number of para-hydroxylation sites is 1. The van der Waals surface area contributed by atoms with Crippen molar-refractivity contribution < 1.29 is 14.0 Å². The molecule has 3 amide bonds. The molecule has 2 N–H and O–H groups in total. The molecule has 0 radical (unpaired) electrons. The van der Waals surface area contributed by atoms with Crippen molar-refractivity contribution in [2.75, 3.05) is 17.3 Å². The Morgan fingerprint density at radius 1 is 1.10 bits per heavy atom. The topological polar surface area (TPSA) is 73.8 Å². The third-order valence-corrected chi connectivity index (χ3v) is 5.72. The fourth-order valence-electron chi connectivity index (χ4n) is 4.20. The van der Waals surface area contributed by atoms with Gasteiger partial charge in [0.15, 0.2) is 0 Å². The minimum absolute atomic E-state index is 0.259. The van der Waals surface area contributed by atoms with E-state index in [2.05, 4.69) is 10.6 Å². The molecule has 2 aliphatic rings. The van der Waals surface area contributed by atoms with Crippen LogP contribution in [0.3, 0.4) is 0 Å². The Labute approximate surface area is 175 Å². The van der Waals surface area contributed by atoms with Gasteiger partial charge in [0, 0.05) is 24.2 Å². The van der Waals surface area contributed by atoms with Crippen LogP contribution in [0.15, 0.2) is 53.5 Å². The third kappa shape index (κ3) is 4.20. The summed E-state index contributed by atoms with van der Waals surface area (Å²) in [6, 6.07) is 12.7. The first-order chi connectivity index (χ1) is 14.5. The highest BCUT2D eigenvalue weighted by Crippen LogP contribution is 2.33. The molecule has 0 spiro atoms. The van der Waals surface area contributed by atoms with Crippen LogP contribution in [0.5, 0.6) is 0 Å². The monoisotopic (exact) mass is 408 g/mol. The van der Waals surface area contributed by atoms with Crippen LogP contribution in [0.2, 0.25) is 0 Å². The van der Waals surface area contributed by atoms with Crippen LogP contribution in [0.25, 0.3) is 0 Å². The highest BCUT2D eigenvalue weighted by molar-refractivity contribution is 6.14. The second-order valence-electron chi connectivity index (χ2n) is 7.78. The summed E-state index contributed by atoms with van der Waals surface area (Å²) < 4.78 is 13.4. The molecule has 0 saturated heterocycles. The molecule has 6 nitrogen and oxygen atoms in total. The average Bonchev–Trinajstić information content (AvgIpc) is 2.85. The number of urea groups is 1. The first kappa shape index (κ1) is 20.1. The molecule has 1 heterocycles. The molecule has 1 unspecified atom stereocenters. The maximum absolute atomic E-state index is 13.4. The predicted molar refractivity (Wildman–Crippen MR) is 115 cm³/mol. The smallest absolute Gasteiger partial charge is 0.311 e. The fourth-order valence-corrected chi connectivity index (χ4v) is 4.20. The molecule has 156 valence electrons. The summed E-state index contributed by atoms with van der Waals surface area (Å²) >= 11 is 0. The SMILES string of the molecule is CN1C(=O)C(NC(=O)Nc2cccc(F)c2)N=C(C2CCCCC2)c2ccccc21. The standard InChI is InChI=1S/C23H25FN4O2/c1-28-19-13-6-5-12-18(19)20(15-8-3-2-4-9-15)26-21(22(28)29)27-23(30)25-17-11-7-10-16(24)14-17/h5-7,10-15,21H,2-4,8-9H2,1H3,(H2,25,27,30). The predicted octanol–water partition coefficient (Wildman–Crippen LogP) is 4.32. The summed E-state index contributed by atoms with van der Waals surface area (Å²) in [5.41, 5.74) is 2.91. The minimum Gasteiger partial charge on any atom is -0.311 e. The Kier molecular flexibility index (Phi) is 5.79. The van der Waals surface area contributed by atoms with Crippen molar-refractivity contribution in [2.24, 2.45) is 10.9 Å². The molecule has 1 fully saturated rings. The quantitative estimate of drug-likeness (QED) is 0.794. The summed E-state index contributed by atoms with van der Waals surface area (Å²) in [6.45, 7) is 0. The molecule has 2 aromatic rings. The number of benzene rings is 2. The maximum Gasteiger partial charge on any atom is 0.321 e. The summed E-state index contributed by atoms with van der Waals surface area (Å²) in [6.07, 6.45) is 4.47. The van der Waals surface area contributed by atoms with E-state index < -0.39 is 18.0 Å². The lowest BCUT2D eigenvalue weighted by Crippen LogP contribution is -2.47. The van der Waals surface area contributed by atoms with Crippen molar-refractivity contribution in [1.29, 1.82) is 0 Å². The summed E-state index contributed by atoms with van der Waals surface area (Å²) in [5, 5.41) is 5.23. The zero-order valence-corrected chi connectivity index (χ0v) is 16.9. The number of anilines is 2. The number of carbonyl (C=O) groups is 2. The van der Waals surface area contributed by atoms with E-state index in [1.165, 1.54) is 24.6 Å². The van der Waals surface area contributed by atoms with Crippen LogP contribution >= 0.6 is 0 Å². The van der Waals surface area contributed by atoms with E-state index in [1.54, 1.807) is 18.0 Å². The van der Waals surface area contributed by atoms with Gasteiger partial charge in [0.2, 0.25) is 6.17 Å². The summed E-state index contributed by atoms with van der Waals surface area (Å²) in [5.74, 6) is -0.511. The van der Waals surface area contributed by atoms with Gasteiger partial charge in [-0.05, 0) is 37.1 Å². The Bertz CT molecular complexity index is 985. The molecule has 0 aromatic heterocycles. The molecule has 0 bridgehead atoms. The van der Waals surface area contributed by atoms with Crippen molar-refractivity contribution in [1.82, 2.24) is 5.32 Å². The molecule has 4 rings (SSSR count). The lowest BCUT2D eigenvalue weighted by atomic mass is 9.83. The van der Waals surface area contributed by atoms with E-state index in [4.69, 9.17) is 4.99 Å². The van der Waals surface area contributed by atoms with Crippen molar-refractivity contribution in [3.05, 3.63) is 59.9 Å². The Morgan fingerprint density at radius 2 is 1.87 bits per heavy atom. The number of halogens is 1. The summed E-state index contributed by atoms with van der Waals surface area (Å²) in [4.78, 5) is 31.9. The molecule has 1 saturated carbocycles. The average molecular weight is 408 g/mol. The van der Waals surface area contributed by atoms with Crippen LogP contribution in [0, 0.1) is 11.7 Å². The largest absolute Gasteiger partial charge is 0.321 e. The van der Waals surface area contributed by atoms with E-state index in [-0.39, 0.29) is 11.8 Å². The van der Waals surface area contributed by atoms with E-state index in [1.807, 2.05) is 24.3 Å². The van der Waals surface area contributed by atoms with Gasteiger partial charge in [-0.15, -0.1) is 0 Å². The zero-order valence-electron chi connectivity index (χ0n) is 16.9. The van der Waals surface area contributed by atoms with Gasteiger partial charge >= 0.3 is 6.03 Å². The van der Waals surface area contributed by atoms with Gasteiger partial charge in [-0.1, -0.05) is 43.5 Å². The van der Waals surface area contributed by atoms with Gasteiger partial charge in [-0.2, -0.15) is 0 Å².